The van der Waals surface area contributed by atoms with Crippen molar-refractivity contribution in [3.05, 3.63) is 0 Å². The fourth-order valence-electron chi connectivity index (χ4n) is 0.652. The lowest BCUT2D eigenvalue weighted by atomic mass is 10.3. The van der Waals surface area contributed by atoms with Gasteiger partial charge in [0.1, 0.15) is 0 Å². The molecule has 0 fully saturated rings. The van der Waals surface area contributed by atoms with E-state index in [9.17, 15) is 4.79 Å². The van der Waals surface area contributed by atoms with E-state index in [0.717, 1.165) is 5.75 Å². The maximum Gasteiger partial charge on any atom is 0.220 e. The van der Waals surface area contributed by atoms with Gasteiger partial charge in [0.15, 0.2) is 0 Å². The Morgan fingerprint density at radius 1 is 1.58 bits per heavy atom. The number of hydrogen-bond acceptors (Lipinski definition) is 3. The number of rotatable bonds is 6. The number of carbonyl (C=O) groups excluding carboxylic acids is 1. The van der Waals surface area contributed by atoms with Crippen LogP contribution in [0.5, 0.6) is 0 Å². The van der Waals surface area contributed by atoms with Crippen molar-refractivity contribution in [1.29, 1.82) is 0 Å². The lowest BCUT2D eigenvalue weighted by Gasteiger charge is -2.10. The molecule has 2 N–H and O–H groups in total. The summed E-state index contributed by atoms with van der Waals surface area (Å²) in [4.78, 5) is 11.1. The third-order valence-corrected chi connectivity index (χ3v) is 2.24. The molecule has 0 heterocycles. The zero-order valence-electron chi connectivity index (χ0n) is 8.02. The number of amides is 1. The van der Waals surface area contributed by atoms with Crippen LogP contribution in [-0.4, -0.2) is 37.6 Å². The van der Waals surface area contributed by atoms with Crippen molar-refractivity contribution in [2.24, 2.45) is 0 Å². The molecular weight excluding hydrogens is 172 g/mol. The summed E-state index contributed by atoms with van der Waals surface area (Å²) in [5.41, 5.74) is 0. The molecule has 0 aromatic carbocycles. The van der Waals surface area contributed by atoms with Gasteiger partial charge in [-0.25, -0.2) is 0 Å². The minimum absolute atomic E-state index is 0.145. The Morgan fingerprint density at radius 3 is 2.75 bits per heavy atom. The Morgan fingerprint density at radius 2 is 2.25 bits per heavy atom. The molecular formula is C8H18N2OS. The molecule has 0 radical (unpaired) electrons. The minimum atomic E-state index is 0.145. The highest BCUT2D eigenvalue weighted by Gasteiger charge is 2.02. The van der Waals surface area contributed by atoms with Gasteiger partial charge in [-0.05, 0) is 20.2 Å². The fraction of sp³-hybridized carbons (Fsp3) is 0.875. The summed E-state index contributed by atoms with van der Waals surface area (Å²) >= 11 is 1.69. The van der Waals surface area contributed by atoms with E-state index in [1.54, 1.807) is 11.8 Å². The predicted octanol–water partition coefficient (Wildman–Crippen LogP) is 0.464. The highest BCUT2D eigenvalue weighted by Crippen LogP contribution is 1.94. The molecule has 0 aromatic rings. The Hall–Kier alpha value is -0.220. The lowest BCUT2D eigenvalue weighted by Crippen LogP contribution is -2.37. The molecule has 1 atom stereocenters. The quantitative estimate of drug-likeness (QED) is 0.639. The van der Waals surface area contributed by atoms with Gasteiger partial charge in [0.2, 0.25) is 5.91 Å². The van der Waals surface area contributed by atoms with Crippen LogP contribution >= 0.6 is 11.8 Å². The van der Waals surface area contributed by atoms with Crippen molar-refractivity contribution < 1.29 is 4.79 Å². The summed E-state index contributed by atoms with van der Waals surface area (Å²) in [7, 11) is 1.89. The molecule has 0 aliphatic heterocycles. The van der Waals surface area contributed by atoms with Crippen LogP contribution in [0.2, 0.25) is 0 Å². The van der Waals surface area contributed by atoms with Crippen LogP contribution in [0.1, 0.15) is 13.3 Å². The van der Waals surface area contributed by atoms with E-state index in [0.29, 0.717) is 19.0 Å². The van der Waals surface area contributed by atoms with E-state index in [2.05, 4.69) is 10.6 Å². The second-order valence-electron chi connectivity index (χ2n) is 2.74. The normalized spacial score (nSPS) is 12.6. The van der Waals surface area contributed by atoms with Crippen LogP contribution in [0.4, 0.5) is 0 Å². The van der Waals surface area contributed by atoms with Gasteiger partial charge in [-0.1, -0.05) is 0 Å². The zero-order valence-corrected chi connectivity index (χ0v) is 8.83. The van der Waals surface area contributed by atoms with Gasteiger partial charge < -0.3 is 10.6 Å². The topological polar surface area (TPSA) is 41.1 Å². The summed E-state index contributed by atoms with van der Waals surface area (Å²) in [6.45, 7) is 2.75. The standard InChI is InChI=1S/C8H18N2OS/c1-7(9-2)6-10-8(11)4-5-12-3/h7,9H,4-6H2,1-3H3,(H,10,11). The highest BCUT2D eigenvalue weighted by molar-refractivity contribution is 7.98. The molecule has 0 saturated heterocycles. The van der Waals surface area contributed by atoms with E-state index in [-0.39, 0.29) is 5.91 Å². The molecule has 0 aromatic heterocycles. The van der Waals surface area contributed by atoms with Crippen molar-refractivity contribution >= 4 is 17.7 Å². The first-order valence-corrected chi connectivity index (χ1v) is 5.53. The molecule has 4 heteroatoms. The largest absolute Gasteiger partial charge is 0.355 e. The van der Waals surface area contributed by atoms with Gasteiger partial charge in [-0.15, -0.1) is 0 Å². The average Bonchev–Trinajstić information content (AvgIpc) is 2.10. The molecule has 0 spiro atoms. The highest BCUT2D eigenvalue weighted by atomic mass is 32.2. The van der Waals surface area contributed by atoms with Gasteiger partial charge in [0.25, 0.3) is 0 Å². The Labute approximate surface area is 78.7 Å². The molecule has 72 valence electrons. The first-order valence-electron chi connectivity index (χ1n) is 4.13. The van der Waals surface area contributed by atoms with E-state index in [1.807, 2.05) is 20.2 Å². The first-order chi connectivity index (χ1) is 5.70. The van der Waals surface area contributed by atoms with Gasteiger partial charge >= 0.3 is 0 Å². The van der Waals surface area contributed by atoms with E-state index >= 15 is 0 Å². The molecule has 0 bridgehead atoms. The van der Waals surface area contributed by atoms with Crippen LogP contribution in [0, 0.1) is 0 Å². The second-order valence-corrected chi connectivity index (χ2v) is 3.72. The summed E-state index contributed by atoms with van der Waals surface area (Å²) in [6.07, 6.45) is 2.63. The van der Waals surface area contributed by atoms with Crippen molar-refractivity contribution in [2.45, 2.75) is 19.4 Å². The van der Waals surface area contributed by atoms with E-state index < -0.39 is 0 Å². The number of likely N-dealkylation sites (N-methyl/N-ethyl adjacent to an activating group) is 1. The smallest absolute Gasteiger partial charge is 0.220 e. The molecule has 1 unspecified atom stereocenters. The zero-order chi connectivity index (χ0) is 9.40. The number of nitrogens with one attached hydrogen (secondary N) is 2. The SMILES string of the molecule is CNC(C)CNC(=O)CCSC. The van der Waals surface area contributed by atoms with E-state index in [1.165, 1.54) is 0 Å². The molecule has 3 nitrogen and oxygen atoms in total. The van der Waals surface area contributed by atoms with Crippen LogP contribution in [0.15, 0.2) is 0 Å². The lowest BCUT2D eigenvalue weighted by molar-refractivity contribution is -0.120. The van der Waals surface area contributed by atoms with Gasteiger partial charge in [-0.3, -0.25) is 4.79 Å². The molecule has 1 amide bonds. The second kappa shape index (κ2) is 7.43. The van der Waals surface area contributed by atoms with Crippen LogP contribution < -0.4 is 10.6 Å². The molecule has 0 rings (SSSR count). The molecule has 12 heavy (non-hydrogen) atoms. The van der Waals surface area contributed by atoms with Crippen LogP contribution in [0.25, 0.3) is 0 Å². The third kappa shape index (κ3) is 6.49. The monoisotopic (exact) mass is 190 g/mol. The number of hydrogen-bond donors (Lipinski definition) is 2. The summed E-state index contributed by atoms with van der Waals surface area (Å²) in [5.74, 6) is 1.05. The van der Waals surface area contributed by atoms with Gasteiger partial charge in [0, 0.05) is 24.8 Å². The first kappa shape index (κ1) is 11.8. The van der Waals surface area contributed by atoms with Crippen LogP contribution in [-0.2, 0) is 4.79 Å². The van der Waals surface area contributed by atoms with Crippen molar-refractivity contribution in [1.82, 2.24) is 10.6 Å². The summed E-state index contributed by atoms with van der Waals surface area (Å²) in [5, 5.41) is 5.91. The number of carbonyl (C=O) groups is 1. The summed E-state index contributed by atoms with van der Waals surface area (Å²) in [6, 6.07) is 0.350. The average molecular weight is 190 g/mol. The van der Waals surface area contributed by atoms with Gasteiger partial charge in [0.05, 0.1) is 0 Å². The molecule has 0 aliphatic carbocycles. The summed E-state index contributed by atoms with van der Waals surface area (Å²) < 4.78 is 0. The third-order valence-electron chi connectivity index (χ3n) is 1.63. The predicted molar refractivity (Wildman–Crippen MR) is 54.5 cm³/mol. The Balaban J connectivity index is 3.31. The fourth-order valence-corrected chi connectivity index (χ4v) is 1.04. The van der Waals surface area contributed by atoms with E-state index in [4.69, 9.17) is 0 Å². The molecule has 0 aliphatic rings. The van der Waals surface area contributed by atoms with Crippen molar-refractivity contribution in [3.63, 3.8) is 0 Å². The van der Waals surface area contributed by atoms with Gasteiger partial charge in [-0.2, -0.15) is 11.8 Å². The maximum atomic E-state index is 11.1. The van der Waals surface area contributed by atoms with Crippen molar-refractivity contribution in [2.75, 3.05) is 25.6 Å². The Bertz CT molecular complexity index is 130. The van der Waals surface area contributed by atoms with Crippen molar-refractivity contribution in [3.8, 4) is 0 Å². The molecule has 0 saturated carbocycles. The minimum Gasteiger partial charge on any atom is -0.355 e. The van der Waals surface area contributed by atoms with Crippen LogP contribution in [0.3, 0.4) is 0 Å². The Kier molecular flexibility index (Phi) is 7.29. The number of thioether (sulfide) groups is 1. The maximum absolute atomic E-state index is 11.1.